The van der Waals surface area contributed by atoms with E-state index in [2.05, 4.69) is 0 Å². The highest BCUT2D eigenvalue weighted by Gasteiger charge is 2.24. The highest BCUT2D eigenvalue weighted by atomic mass is 35.5. The van der Waals surface area contributed by atoms with Crippen LogP contribution in [0.1, 0.15) is 36.8 Å². The number of benzene rings is 1. The Balaban J connectivity index is 1.70. The Morgan fingerprint density at radius 2 is 2.16 bits per heavy atom. The van der Waals surface area contributed by atoms with Gasteiger partial charge < -0.3 is 15.2 Å². The summed E-state index contributed by atoms with van der Waals surface area (Å²) >= 11 is 6.14. The molecule has 0 spiro atoms. The van der Waals surface area contributed by atoms with Gasteiger partial charge in [-0.15, -0.1) is 0 Å². The summed E-state index contributed by atoms with van der Waals surface area (Å²) in [7, 11) is 0. The van der Waals surface area contributed by atoms with E-state index in [1.807, 2.05) is 12.1 Å². The Morgan fingerprint density at radius 1 is 1.32 bits per heavy atom. The first-order chi connectivity index (χ1) is 9.24. The standard InChI is InChI=1S/C15H20ClNO2/c16-12-7-10-5-6-18-15(10)11(8-12)9-19-14-4-2-1-3-13(14)17/h7-8,13-14H,1-6,9,17H2. The molecular formula is C15H20ClNO2. The molecule has 0 radical (unpaired) electrons. The van der Waals surface area contributed by atoms with Crippen molar-refractivity contribution in [3.05, 3.63) is 28.3 Å². The molecule has 3 nitrogen and oxygen atoms in total. The molecule has 3 rings (SSSR count). The van der Waals surface area contributed by atoms with E-state index in [0.29, 0.717) is 6.61 Å². The lowest BCUT2D eigenvalue weighted by Gasteiger charge is -2.28. The van der Waals surface area contributed by atoms with Gasteiger partial charge >= 0.3 is 0 Å². The third-order valence-electron chi connectivity index (χ3n) is 4.03. The molecule has 0 amide bonds. The molecule has 2 unspecified atom stereocenters. The van der Waals surface area contributed by atoms with E-state index >= 15 is 0 Å². The molecule has 2 aliphatic rings. The predicted molar refractivity (Wildman–Crippen MR) is 75.7 cm³/mol. The van der Waals surface area contributed by atoms with Crippen molar-refractivity contribution in [2.45, 2.75) is 50.9 Å². The van der Waals surface area contributed by atoms with Crippen molar-refractivity contribution in [1.82, 2.24) is 0 Å². The van der Waals surface area contributed by atoms with Crippen LogP contribution in [0.25, 0.3) is 0 Å². The van der Waals surface area contributed by atoms with Crippen LogP contribution < -0.4 is 10.5 Å². The van der Waals surface area contributed by atoms with Crippen LogP contribution in [0.4, 0.5) is 0 Å². The summed E-state index contributed by atoms with van der Waals surface area (Å²) in [6.07, 6.45) is 5.66. The second-order valence-electron chi connectivity index (χ2n) is 5.45. The van der Waals surface area contributed by atoms with Crippen molar-refractivity contribution in [3.8, 4) is 5.75 Å². The number of ether oxygens (including phenoxy) is 2. The zero-order valence-electron chi connectivity index (χ0n) is 11.0. The fraction of sp³-hybridized carbons (Fsp3) is 0.600. The Morgan fingerprint density at radius 3 is 3.00 bits per heavy atom. The number of hydrogen-bond donors (Lipinski definition) is 1. The fourth-order valence-corrected chi connectivity index (χ4v) is 3.25. The van der Waals surface area contributed by atoms with Crippen LogP contribution in [0, 0.1) is 0 Å². The number of hydrogen-bond acceptors (Lipinski definition) is 3. The summed E-state index contributed by atoms with van der Waals surface area (Å²) in [6.45, 7) is 1.28. The van der Waals surface area contributed by atoms with Gasteiger partial charge in [-0.3, -0.25) is 0 Å². The topological polar surface area (TPSA) is 44.5 Å². The van der Waals surface area contributed by atoms with E-state index < -0.39 is 0 Å². The Hall–Kier alpha value is -0.770. The molecule has 0 bridgehead atoms. The van der Waals surface area contributed by atoms with Gasteiger partial charge in [0.25, 0.3) is 0 Å². The maximum Gasteiger partial charge on any atom is 0.128 e. The highest BCUT2D eigenvalue weighted by molar-refractivity contribution is 6.30. The van der Waals surface area contributed by atoms with Gasteiger partial charge in [0.05, 0.1) is 19.3 Å². The molecule has 104 valence electrons. The molecule has 1 aliphatic heterocycles. The molecular weight excluding hydrogens is 262 g/mol. The summed E-state index contributed by atoms with van der Waals surface area (Å²) < 4.78 is 11.7. The average Bonchev–Trinajstić information content (AvgIpc) is 2.85. The molecule has 1 aliphatic carbocycles. The van der Waals surface area contributed by atoms with Crippen LogP contribution >= 0.6 is 11.6 Å². The summed E-state index contributed by atoms with van der Waals surface area (Å²) in [5.74, 6) is 0.966. The maximum atomic E-state index is 6.14. The molecule has 2 N–H and O–H groups in total. The van der Waals surface area contributed by atoms with E-state index in [0.717, 1.165) is 42.2 Å². The maximum absolute atomic E-state index is 6.14. The molecule has 4 heteroatoms. The molecule has 0 aromatic heterocycles. The molecule has 1 aromatic carbocycles. The van der Waals surface area contributed by atoms with Crippen LogP contribution in [0.2, 0.25) is 5.02 Å². The van der Waals surface area contributed by atoms with Gasteiger partial charge in [-0.25, -0.2) is 0 Å². The van der Waals surface area contributed by atoms with Gasteiger partial charge in [0.15, 0.2) is 0 Å². The monoisotopic (exact) mass is 281 g/mol. The number of fused-ring (bicyclic) bond motifs is 1. The molecule has 1 aromatic rings. The summed E-state index contributed by atoms with van der Waals surface area (Å²) in [5.41, 5.74) is 8.35. The second kappa shape index (κ2) is 5.70. The SMILES string of the molecule is NC1CCCCC1OCc1cc(Cl)cc2c1OCC2. The summed E-state index contributed by atoms with van der Waals surface area (Å²) in [4.78, 5) is 0. The van der Waals surface area contributed by atoms with Crippen molar-refractivity contribution >= 4 is 11.6 Å². The minimum absolute atomic E-state index is 0.168. The van der Waals surface area contributed by atoms with Gasteiger partial charge in [0, 0.05) is 23.0 Å². The van der Waals surface area contributed by atoms with Crippen molar-refractivity contribution in [1.29, 1.82) is 0 Å². The molecule has 2 atom stereocenters. The third-order valence-corrected chi connectivity index (χ3v) is 4.25. The molecule has 1 saturated carbocycles. The first-order valence-electron chi connectivity index (χ1n) is 7.05. The predicted octanol–water partition coefficient (Wildman–Crippen LogP) is 3.06. The lowest BCUT2D eigenvalue weighted by atomic mass is 9.93. The van der Waals surface area contributed by atoms with Crippen molar-refractivity contribution in [2.24, 2.45) is 5.73 Å². The molecule has 19 heavy (non-hydrogen) atoms. The van der Waals surface area contributed by atoms with Crippen LogP contribution in [-0.2, 0) is 17.8 Å². The Kier molecular flexibility index (Phi) is 3.96. The van der Waals surface area contributed by atoms with Gasteiger partial charge in [-0.05, 0) is 30.5 Å². The zero-order valence-corrected chi connectivity index (χ0v) is 11.8. The average molecular weight is 282 g/mol. The summed E-state index contributed by atoms with van der Waals surface area (Å²) in [5, 5.41) is 0.760. The zero-order chi connectivity index (χ0) is 13.2. The van der Waals surface area contributed by atoms with E-state index in [-0.39, 0.29) is 12.1 Å². The lowest BCUT2D eigenvalue weighted by Crippen LogP contribution is -2.39. The third kappa shape index (κ3) is 2.88. The lowest BCUT2D eigenvalue weighted by molar-refractivity contribution is 0.00330. The first kappa shape index (κ1) is 13.2. The van der Waals surface area contributed by atoms with E-state index in [4.69, 9.17) is 26.8 Å². The van der Waals surface area contributed by atoms with E-state index in [1.54, 1.807) is 0 Å². The molecule has 1 fully saturated rings. The van der Waals surface area contributed by atoms with Crippen molar-refractivity contribution in [3.63, 3.8) is 0 Å². The van der Waals surface area contributed by atoms with Crippen LogP contribution in [0.5, 0.6) is 5.75 Å². The van der Waals surface area contributed by atoms with Crippen LogP contribution in [-0.4, -0.2) is 18.8 Å². The van der Waals surface area contributed by atoms with Crippen molar-refractivity contribution in [2.75, 3.05) is 6.61 Å². The fourth-order valence-electron chi connectivity index (χ4n) is 2.98. The number of halogens is 1. The highest BCUT2D eigenvalue weighted by Crippen LogP contribution is 2.34. The largest absolute Gasteiger partial charge is 0.493 e. The van der Waals surface area contributed by atoms with Crippen molar-refractivity contribution < 1.29 is 9.47 Å². The van der Waals surface area contributed by atoms with E-state index in [1.165, 1.54) is 18.4 Å². The van der Waals surface area contributed by atoms with Gasteiger partial charge in [-0.2, -0.15) is 0 Å². The van der Waals surface area contributed by atoms with Crippen LogP contribution in [0.15, 0.2) is 12.1 Å². The van der Waals surface area contributed by atoms with E-state index in [9.17, 15) is 0 Å². The van der Waals surface area contributed by atoms with Gasteiger partial charge in [0.2, 0.25) is 0 Å². The Labute approximate surface area is 119 Å². The van der Waals surface area contributed by atoms with Gasteiger partial charge in [-0.1, -0.05) is 24.4 Å². The summed E-state index contributed by atoms with van der Waals surface area (Å²) in [6, 6.07) is 4.10. The number of nitrogens with two attached hydrogens (primary N) is 1. The minimum atomic E-state index is 0.168. The smallest absolute Gasteiger partial charge is 0.128 e. The first-order valence-corrected chi connectivity index (χ1v) is 7.43. The van der Waals surface area contributed by atoms with Gasteiger partial charge in [0.1, 0.15) is 5.75 Å². The Bertz CT molecular complexity index is 464. The molecule has 0 saturated heterocycles. The normalized spacial score (nSPS) is 26.0. The second-order valence-corrected chi connectivity index (χ2v) is 5.89. The molecule has 1 heterocycles. The number of rotatable bonds is 3. The quantitative estimate of drug-likeness (QED) is 0.926. The van der Waals surface area contributed by atoms with Crippen LogP contribution in [0.3, 0.4) is 0 Å². The minimum Gasteiger partial charge on any atom is -0.493 e.